The van der Waals surface area contributed by atoms with Gasteiger partial charge >= 0.3 is 5.76 Å². The molecule has 21 heavy (non-hydrogen) atoms. The largest absolute Gasteiger partial charge is 0.506 e. The number of anilines is 1. The van der Waals surface area contributed by atoms with Crippen molar-refractivity contribution in [2.24, 2.45) is 0 Å². The predicted molar refractivity (Wildman–Crippen MR) is 75.8 cm³/mol. The summed E-state index contributed by atoms with van der Waals surface area (Å²) in [5.74, 6) is -0.844. The van der Waals surface area contributed by atoms with E-state index in [0.29, 0.717) is 5.52 Å². The molecule has 0 atom stereocenters. The molecule has 0 bridgehead atoms. The number of aromatic hydroxyl groups is 1. The second-order valence-corrected chi connectivity index (χ2v) is 5.98. The second kappa shape index (κ2) is 4.67. The van der Waals surface area contributed by atoms with Crippen molar-refractivity contribution in [3.8, 4) is 5.75 Å². The third kappa shape index (κ3) is 2.48. The lowest BCUT2D eigenvalue weighted by Gasteiger charge is -2.09. The number of H-pyrrole nitrogens is 1. The second-order valence-electron chi connectivity index (χ2n) is 4.30. The number of aromatic nitrogens is 1. The third-order valence-electron chi connectivity index (χ3n) is 2.85. The maximum atomic E-state index is 12.3. The molecule has 0 aliphatic heterocycles. The molecule has 0 unspecified atom stereocenters. The highest BCUT2D eigenvalue weighted by atomic mass is 32.2. The van der Waals surface area contributed by atoms with Crippen molar-refractivity contribution in [3.05, 3.63) is 53.0 Å². The molecule has 0 aliphatic carbocycles. The molecule has 7 nitrogen and oxygen atoms in total. The molecular formula is C13H10N2O5S. The van der Waals surface area contributed by atoms with Crippen molar-refractivity contribution in [1.82, 2.24) is 4.98 Å². The predicted octanol–water partition coefficient (Wildman–Crippen LogP) is 1.63. The summed E-state index contributed by atoms with van der Waals surface area (Å²) in [5, 5.41) is 9.60. The van der Waals surface area contributed by atoms with Gasteiger partial charge in [0.05, 0.1) is 16.1 Å². The monoisotopic (exact) mass is 306 g/mol. The molecule has 0 saturated heterocycles. The number of benzene rings is 2. The molecule has 0 spiro atoms. The van der Waals surface area contributed by atoms with Gasteiger partial charge in [-0.05, 0) is 24.3 Å². The Balaban J connectivity index is 2.03. The normalized spacial score (nSPS) is 11.6. The number of aromatic amines is 1. The van der Waals surface area contributed by atoms with Gasteiger partial charge in [0.1, 0.15) is 5.75 Å². The lowest BCUT2D eigenvalue weighted by molar-refractivity contribution is 0.477. The van der Waals surface area contributed by atoms with E-state index in [1.165, 1.54) is 30.3 Å². The first-order chi connectivity index (χ1) is 9.95. The van der Waals surface area contributed by atoms with E-state index in [9.17, 15) is 18.3 Å². The summed E-state index contributed by atoms with van der Waals surface area (Å²) >= 11 is 0. The minimum absolute atomic E-state index is 0.0631. The Morgan fingerprint density at radius 3 is 2.67 bits per heavy atom. The number of oxazole rings is 1. The van der Waals surface area contributed by atoms with Crippen molar-refractivity contribution < 1.29 is 17.9 Å². The highest BCUT2D eigenvalue weighted by Crippen LogP contribution is 2.25. The molecule has 108 valence electrons. The van der Waals surface area contributed by atoms with Gasteiger partial charge < -0.3 is 9.52 Å². The third-order valence-corrected chi connectivity index (χ3v) is 4.21. The minimum atomic E-state index is -3.90. The fourth-order valence-electron chi connectivity index (χ4n) is 1.86. The number of phenols is 1. The van der Waals surface area contributed by atoms with E-state index in [-0.39, 0.29) is 21.9 Å². The van der Waals surface area contributed by atoms with Gasteiger partial charge in [-0.3, -0.25) is 9.71 Å². The van der Waals surface area contributed by atoms with Crippen LogP contribution in [0.25, 0.3) is 11.1 Å². The lowest BCUT2D eigenvalue weighted by Crippen LogP contribution is -2.12. The minimum Gasteiger partial charge on any atom is -0.506 e. The Kier molecular flexibility index (Phi) is 2.95. The standard InChI is InChI=1S/C13H10N2O5S/c16-11-4-2-1-3-9(11)15-21(18,19)8-5-6-10-12(7-8)20-13(17)14-10/h1-7,15-16H,(H,14,17). The number of rotatable bonds is 3. The van der Waals surface area contributed by atoms with Crippen LogP contribution in [-0.2, 0) is 10.0 Å². The zero-order valence-electron chi connectivity index (χ0n) is 10.5. The number of fused-ring (bicyclic) bond motifs is 1. The topological polar surface area (TPSA) is 112 Å². The Morgan fingerprint density at radius 2 is 1.90 bits per heavy atom. The molecule has 3 aromatic rings. The van der Waals surface area contributed by atoms with E-state index in [4.69, 9.17) is 4.42 Å². The van der Waals surface area contributed by atoms with E-state index in [0.717, 1.165) is 0 Å². The molecule has 1 heterocycles. The van der Waals surface area contributed by atoms with Crippen molar-refractivity contribution in [2.75, 3.05) is 4.72 Å². The van der Waals surface area contributed by atoms with Crippen LogP contribution in [0.2, 0.25) is 0 Å². The molecular weight excluding hydrogens is 296 g/mol. The lowest BCUT2D eigenvalue weighted by atomic mass is 10.3. The summed E-state index contributed by atoms with van der Waals surface area (Å²) in [5.41, 5.74) is 0.606. The summed E-state index contributed by atoms with van der Waals surface area (Å²) in [6, 6.07) is 9.96. The Morgan fingerprint density at radius 1 is 1.14 bits per heavy atom. The van der Waals surface area contributed by atoms with E-state index in [1.807, 2.05) is 0 Å². The SMILES string of the molecule is O=c1[nH]c2ccc(S(=O)(=O)Nc3ccccc3O)cc2o1. The van der Waals surface area contributed by atoms with Gasteiger partial charge in [0, 0.05) is 6.07 Å². The average Bonchev–Trinajstić information content (AvgIpc) is 2.80. The van der Waals surface area contributed by atoms with Crippen LogP contribution >= 0.6 is 0 Å². The number of nitrogens with one attached hydrogen (secondary N) is 2. The molecule has 0 saturated carbocycles. The number of hydrogen-bond donors (Lipinski definition) is 3. The smallest absolute Gasteiger partial charge is 0.417 e. The first-order valence-electron chi connectivity index (χ1n) is 5.89. The molecule has 3 rings (SSSR count). The molecule has 0 radical (unpaired) electrons. The molecule has 0 fully saturated rings. The molecule has 1 aromatic heterocycles. The van der Waals surface area contributed by atoms with Crippen LogP contribution in [0.15, 0.2) is 56.6 Å². The zero-order valence-corrected chi connectivity index (χ0v) is 11.3. The van der Waals surface area contributed by atoms with E-state index in [2.05, 4.69) is 9.71 Å². The van der Waals surface area contributed by atoms with Crippen LogP contribution in [0.1, 0.15) is 0 Å². The summed E-state index contributed by atoms with van der Waals surface area (Å²) in [6.07, 6.45) is 0. The maximum absolute atomic E-state index is 12.3. The van der Waals surface area contributed by atoms with E-state index < -0.39 is 15.8 Å². The van der Waals surface area contributed by atoms with Crippen LogP contribution in [0.4, 0.5) is 5.69 Å². The van der Waals surface area contributed by atoms with Crippen molar-refractivity contribution >= 4 is 26.8 Å². The van der Waals surface area contributed by atoms with Gasteiger partial charge in [0.25, 0.3) is 10.0 Å². The van der Waals surface area contributed by atoms with Gasteiger partial charge in [0.15, 0.2) is 5.58 Å². The van der Waals surface area contributed by atoms with Crippen LogP contribution in [0.3, 0.4) is 0 Å². The van der Waals surface area contributed by atoms with Crippen molar-refractivity contribution in [1.29, 1.82) is 0 Å². The Hall–Kier alpha value is -2.74. The summed E-state index contributed by atoms with van der Waals surface area (Å²) < 4.78 is 31.6. The van der Waals surface area contributed by atoms with Gasteiger partial charge in [-0.25, -0.2) is 13.2 Å². The van der Waals surface area contributed by atoms with E-state index >= 15 is 0 Å². The number of phenolic OH excluding ortho intramolecular Hbond substituents is 1. The average molecular weight is 306 g/mol. The van der Waals surface area contributed by atoms with Crippen LogP contribution in [0, 0.1) is 0 Å². The highest BCUT2D eigenvalue weighted by Gasteiger charge is 2.17. The van der Waals surface area contributed by atoms with Crippen LogP contribution in [-0.4, -0.2) is 18.5 Å². The zero-order chi connectivity index (χ0) is 15.0. The first-order valence-corrected chi connectivity index (χ1v) is 7.38. The van der Waals surface area contributed by atoms with Gasteiger partial charge in [-0.1, -0.05) is 12.1 Å². The van der Waals surface area contributed by atoms with Crippen LogP contribution in [0.5, 0.6) is 5.75 Å². The van der Waals surface area contributed by atoms with Crippen molar-refractivity contribution in [3.63, 3.8) is 0 Å². The summed E-state index contributed by atoms with van der Waals surface area (Å²) in [4.78, 5) is 13.4. The van der Waals surface area contributed by atoms with Crippen LogP contribution < -0.4 is 10.5 Å². The number of sulfonamides is 1. The quantitative estimate of drug-likeness (QED) is 0.637. The van der Waals surface area contributed by atoms with Gasteiger partial charge in [0.2, 0.25) is 0 Å². The number of para-hydroxylation sites is 2. The van der Waals surface area contributed by atoms with Crippen molar-refractivity contribution in [2.45, 2.75) is 4.90 Å². The molecule has 2 aromatic carbocycles. The Labute approximate surface area is 118 Å². The molecule has 8 heteroatoms. The van der Waals surface area contributed by atoms with E-state index in [1.54, 1.807) is 12.1 Å². The molecule has 3 N–H and O–H groups in total. The number of hydrogen-bond acceptors (Lipinski definition) is 5. The summed E-state index contributed by atoms with van der Waals surface area (Å²) in [7, 11) is -3.90. The molecule has 0 aliphatic rings. The van der Waals surface area contributed by atoms with Gasteiger partial charge in [-0.2, -0.15) is 0 Å². The Bertz CT molecular complexity index is 971. The first kappa shape index (κ1) is 13.3. The molecule has 0 amide bonds. The highest BCUT2D eigenvalue weighted by molar-refractivity contribution is 7.92. The summed E-state index contributed by atoms with van der Waals surface area (Å²) in [6.45, 7) is 0. The fourth-order valence-corrected chi connectivity index (χ4v) is 2.95. The van der Waals surface area contributed by atoms with Gasteiger partial charge in [-0.15, -0.1) is 0 Å². The fraction of sp³-hybridized carbons (Fsp3) is 0. The maximum Gasteiger partial charge on any atom is 0.417 e.